The second-order valence-corrected chi connectivity index (χ2v) is 6.18. The molecule has 1 atom stereocenters. The van der Waals surface area contributed by atoms with E-state index in [2.05, 4.69) is 40.4 Å². The number of carbonyl (C=O) groups excluding carboxylic acids is 1. The molecular weight excluding hydrogens is 320 g/mol. The molecule has 0 saturated heterocycles. The lowest BCUT2D eigenvalue weighted by Crippen LogP contribution is -2.34. The van der Waals surface area contributed by atoms with Crippen LogP contribution in [0.5, 0.6) is 0 Å². The fourth-order valence-electron chi connectivity index (χ4n) is 2.12. The van der Waals surface area contributed by atoms with Gasteiger partial charge in [-0.3, -0.25) is 0 Å². The number of hydrogen-bond donors (Lipinski definition) is 3. The molecule has 0 saturated carbocycles. The number of para-hydroxylation sites is 1. The molecule has 1 aromatic rings. The summed E-state index contributed by atoms with van der Waals surface area (Å²) in [7, 11) is 0. The van der Waals surface area contributed by atoms with Crippen LogP contribution in [0.4, 0.5) is 10.5 Å². The summed E-state index contributed by atoms with van der Waals surface area (Å²) in [6.07, 6.45) is 1.71. The number of hydrogen-bond acceptors (Lipinski definition) is 2. The van der Waals surface area contributed by atoms with Gasteiger partial charge in [0.25, 0.3) is 0 Å². The van der Waals surface area contributed by atoms with Gasteiger partial charge in [0.05, 0.1) is 5.69 Å². The van der Waals surface area contributed by atoms with Gasteiger partial charge >= 0.3 is 6.03 Å². The molecular formula is C15H23BrN2O2. The lowest BCUT2D eigenvalue weighted by Gasteiger charge is -2.19. The molecule has 0 aliphatic heterocycles. The molecule has 1 aromatic carbocycles. The van der Waals surface area contributed by atoms with Gasteiger partial charge in [0.1, 0.15) is 0 Å². The highest BCUT2D eigenvalue weighted by Crippen LogP contribution is 2.21. The summed E-state index contributed by atoms with van der Waals surface area (Å²) in [5.41, 5.74) is 0.743. The molecule has 1 unspecified atom stereocenters. The van der Waals surface area contributed by atoms with E-state index in [9.17, 15) is 4.79 Å². The molecule has 1 rings (SSSR count). The predicted octanol–water partition coefficient (Wildman–Crippen LogP) is 3.62. The van der Waals surface area contributed by atoms with Crippen LogP contribution >= 0.6 is 15.9 Å². The van der Waals surface area contributed by atoms with E-state index >= 15 is 0 Å². The quantitative estimate of drug-likeness (QED) is 0.708. The van der Waals surface area contributed by atoms with Gasteiger partial charge in [0, 0.05) is 17.6 Å². The zero-order chi connectivity index (χ0) is 15.0. The first-order valence-electron chi connectivity index (χ1n) is 6.93. The van der Waals surface area contributed by atoms with E-state index in [1.807, 2.05) is 24.3 Å². The minimum atomic E-state index is -0.219. The number of benzene rings is 1. The normalized spacial score (nSPS) is 12.2. The molecule has 0 aromatic heterocycles. The van der Waals surface area contributed by atoms with Crippen molar-refractivity contribution in [2.45, 2.75) is 26.7 Å². The molecule has 0 bridgehead atoms. The summed E-state index contributed by atoms with van der Waals surface area (Å²) in [6.45, 7) is 5.02. The first-order valence-corrected chi connectivity index (χ1v) is 7.72. The fourth-order valence-corrected chi connectivity index (χ4v) is 2.50. The third-order valence-electron chi connectivity index (χ3n) is 3.02. The van der Waals surface area contributed by atoms with Gasteiger partial charge in [0.15, 0.2) is 0 Å². The highest BCUT2D eigenvalue weighted by atomic mass is 79.9. The Hall–Kier alpha value is -1.07. The molecule has 5 heteroatoms. The molecule has 112 valence electrons. The number of rotatable bonds is 7. The van der Waals surface area contributed by atoms with Crippen molar-refractivity contribution >= 4 is 27.6 Å². The number of anilines is 1. The second kappa shape index (κ2) is 8.97. The number of urea groups is 1. The van der Waals surface area contributed by atoms with Crippen LogP contribution < -0.4 is 10.6 Å². The van der Waals surface area contributed by atoms with Crippen LogP contribution in [0.25, 0.3) is 0 Å². The highest BCUT2D eigenvalue weighted by Gasteiger charge is 2.12. The summed E-state index contributed by atoms with van der Waals surface area (Å²) in [5, 5.41) is 14.7. The fraction of sp³-hybridized carbons (Fsp3) is 0.533. The van der Waals surface area contributed by atoms with Crippen LogP contribution in [-0.4, -0.2) is 24.3 Å². The molecule has 0 spiro atoms. The zero-order valence-corrected chi connectivity index (χ0v) is 13.6. The van der Waals surface area contributed by atoms with E-state index < -0.39 is 0 Å². The van der Waals surface area contributed by atoms with Crippen molar-refractivity contribution in [2.24, 2.45) is 11.8 Å². The molecule has 0 aliphatic carbocycles. The van der Waals surface area contributed by atoms with Gasteiger partial charge in [-0.1, -0.05) is 26.0 Å². The van der Waals surface area contributed by atoms with E-state index in [4.69, 9.17) is 5.11 Å². The van der Waals surface area contributed by atoms with E-state index in [1.165, 1.54) is 0 Å². The SMILES string of the molecule is CC(C)CC(CCO)CNC(=O)Nc1ccccc1Br. The molecule has 0 heterocycles. The Morgan fingerprint density at radius 2 is 2.05 bits per heavy atom. The molecule has 0 radical (unpaired) electrons. The third-order valence-corrected chi connectivity index (χ3v) is 3.71. The van der Waals surface area contributed by atoms with Crippen molar-refractivity contribution in [3.8, 4) is 0 Å². The van der Waals surface area contributed by atoms with Crippen molar-refractivity contribution in [2.75, 3.05) is 18.5 Å². The Morgan fingerprint density at radius 3 is 2.65 bits per heavy atom. The lowest BCUT2D eigenvalue weighted by atomic mass is 9.94. The van der Waals surface area contributed by atoms with Crippen LogP contribution in [0.2, 0.25) is 0 Å². The van der Waals surface area contributed by atoms with Gasteiger partial charge in [-0.05, 0) is 52.7 Å². The van der Waals surface area contributed by atoms with Gasteiger partial charge in [-0.15, -0.1) is 0 Å². The predicted molar refractivity (Wildman–Crippen MR) is 85.8 cm³/mol. The Morgan fingerprint density at radius 1 is 1.35 bits per heavy atom. The Balaban J connectivity index is 2.43. The van der Waals surface area contributed by atoms with Crippen LogP contribution in [0.15, 0.2) is 28.7 Å². The average molecular weight is 343 g/mol. The third kappa shape index (κ3) is 6.39. The van der Waals surface area contributed by atoms with Crippen LogP contribution in [0.1, 0.15) is 26.7 Å². The van der Waals surface area contributed by atoms with Crippen molar-refractivity contribution < 1.29 is 9.90 Å². The van der Waals surface area contributed by atoms with Gasteiger partial charge < -0.3 is 15.7 Å². The Kier molecular flexibility index (Phi) is 7.62. The Bertz CT molecular complexity index is 424. The zero-order valence-electron chi connectivity index (χ0n) is 12.0. The van der Waals surface area contributed by atoms with Crippen molar-refractivity contribution in [3.63, 3.8) is 0 Å². The van der Waals surface area contributed by atoms with Gasteiger partial charge in [-0.2, -0.15) is 0 Å². The molecule has 3 N–H and O–H groups in total. The maximum Gasteiger partial charge on any atom is 0.319 e. The molecule has 0 fully saturated rings. The molecule has 0 aliphatic rings. The van der Waals surface area contributed by atoms with Crippen LogP contribution in [-0.2, 0) is 0 Å². The highest BCUT2D eigenvalue weighted by molar-refractivity contribution is 9.10. The number of nitrogens with one attached hydrogen (secondary N) is 2. The van der Waals surface area contributed by atoms with E-state index in [0.717, 1.165) is 16.6 Å². The summed E-state index contributed by atoms with van der Waals surface area (Å²) >= 11 is 3.39. The number of carbonyl (C=O) groups is 1. The number of aliphatic hydroxyl groups excluding tert-OH is 1. The number of amides is 2. The van der Waals surface area contributed by atoms with E-state index in [-0.39, 0.29) is 12.6 Å². The second-order valence-electron chi connectivity index (χ2n) is 5.32. The topological polar surface area (TPSA) is 61.4 Å². The smallest absolute Gasteiger partial charge is 0.319 e. The van der Waals surface area contributed by atoms with Crippen molar-refractivity contribution in [1.29, 1.82) is 0 Å². The maximum absolute atomic E-state index is 11.9. The average Bonchev–Trinajstić information content (AvgIpc) is 2.38. The van der Waals surface area contributed by atoms with Crippen LogP contribution in [0, 0.1) is 11.8 Å². The molecule has 20 heavy (non-hydrogen) atoms. The summed E-state index contributed by atoms with van der Waals surface area (Å²) < 4.78 is 0.851. The summed E-state index contributed by atoms with van der Waals surface area (Å²) in [4.78, 5) is 11.9. The lowest BCUT2D eigenvalue weighted by molar-refractivity contribution is 0.231. The Labute approximate surface area is 129 Å². The summed E-state index contributed by atoms with van der Waals surface area (Å²) in [6, 6.07) is 7.26. The first kappa shape index (κ1) is 17.0. The standard InChI is InChI=1S/C15H23BrN2O2/c1-11(2)9-12(7-8-19)10-17-15(20)18-14-6-4-3-5-13(14)16/h3-6,11-12,19H,7-10H2,1-2H3,(H2,17,18,20). The van der Waals surface area contributed by atoms with Crippen molar-refractivity contribution in [1.82, 2.24) is 5.32 Å². The molecule has 4 nitrogen and oxygen atoms in total. The van der Waals surface area contributed by atoms with Gasteiger partial charge in [0.2, 0.25) is 0 Å². The first-order chi connectivity index (χ1) is 9.52. The minimum Gasteiger partial charge on any atom is -0.396 e. The van der Waals surface area contributed by atoms with Crippen LogP contribution in [0.3, 0.4) is 0 Å². The summed E-state index contributed by atoms with van der Waals surface area (Å²) in [5.74, 6) is 0.865. The number of halogens is 1. The number of aliphatic hydroxyl groups is 1. The molecule has 2 amide bonds. The van der Waals surface area contributed by atoms with Gasteiger partial charge in [-0.25, -0.2) is 4.79 Å². The largest absolute Gasteiger partial charge is 0.396 e. The van der Waals surface area contributed by atoms with Crippen molar-refractivity contribution in [3.05, 3.63) is 28.7 Å². The van der Waals surface area contributed by atoms with E-state index in [0.29, 0.717) is 24.8 Å². The maximum atomic E-state index is 11.9. The minimum absolute atomic E-state index is 0.158. The monoisotopic (exact) mass is 342 g/mol. The van der Waals surface area contributed by atoms with E-state index in [1.54, 1.807) is 0 Å².